The number of hydrogen-bond acceptors (Lipinski definition) is 2. The van der Waals surface area contributed by atoms with Crippen molar-refractivity contribution in [3.8, 4) is 6.07 Å². The van der Waals surface area contributed by atoms with Crippen LogP contribution in [0.2, 0.25) is 0 Å². The Labute approximate surface area is 103 Å². The van der Waals surface area contributed by atoms with E-state index >= 15 is 0 Å². The van der Waals surface area contributed by atoms with Gasteiger partial charge in [0.05, 0.1) is 18.0 Å². The largest absolute Gasteiger partial charge is 0.301 e. The molecular weight excluding hydrogens is 215 g/mol. The Bertz CT molecular complexity index is 407. The highest BCUT2D eigenvalue weighted by Crippen LogP contribution is 2.31. The molecule has 1 aromatic rings. The molecule has 2 unspecified atom stereocenters. The lowest BCUT2D eigenvalue weighted by Gasteiger charge is -2.31. The van der Waals surface area contributed by atoms with Gasteiger partial charge in [-0.15, -0.1) is 0 Å². The summed E-state index contributed by atoms with van der Waals surface area (Å²) in [6.45, 7) is 4.04. The van der Waals surface area contributed by atoms with E-state index in [1.54, 1.807) is 6.07 Å². The van der Waals surface area contributed by atoms with Crippen molar-refractivity contribution in [2.24, 2.45) is 11.8 Å². The number of nitriles is 1. The van der Waals surface area contributed by atoms with Gasteiger partial charge >= 0.3 is 0 Å². The highest BCUT2D eigenvalue weighted by molar-refractivity contribution is 5.22. The van der Waals surface area contributed by atoms with Crippen molar-refractivity contribution in [2.75, 3.05) is 14.1 Å². The summed E-state index contributed by atoms with van der Waals surface area (Å²) in [4.78, 5) is 1.97. The lowest BCUT2D eigenvalue weighted by atomic mass is 9.85. The van der Waals surface area contributed by atoms with E-state index in [1.807, 2.05) is 38.9 Å². The van der Waals surface area contributed by atoms with Crippen LogP contribution in [0.15, 0.2) is 24.3 Å². The topological polar surface area (TPSA) is 27.0 Å². The quantitative estimate of drug-likeness (QED) is 0.799. The summed E-state index contributed by atoms with van der Waals surface area (Å²) in [7, 11) is 3.84. The van der Waals surface area contributed by atoms with Crippen LogP contribution in [0.4, 0.5) is 4.39 Å². The molecule has 0 aromatic heterocycles. The number of benzene rings is 1. The van der Waals surface area contributed by atoms with E-state index in [4.69, 9.17) is 0 Å². The third-order valence-corrected chi connectivity index (χ3v) is 2.95. The molecule has 3 heteroatoms. The maximum absolute atomic E-state index is 13.3. The van der Waals surface area contributed by atoms with Gasteiger partial charge in [-0.3, -0.25) is 0 Å². The van der Waals surface area contributed by atoms with Crippen molar-refractivity contribution in [1.29, 1.82) is 5.26 Å². The first-order chi connectivity index (χ1) is 7.97. The summed E-state index contributed by atoms with van der Waals surface area (Å²) < 4.78 is 13.3. The highest BCUT2D eigenvalue weighted by atomic mass is 19.1. The molecule has 0 aliphatic carbocycles. The van der Waals surface area contributed by atoms with Crippen LogP contribution < -0.4 is 0 Å². The van der Waals surface area contributed by atoms with E-state index in [0.29, 0.717) is 0 Å². The minimum absolute atomic E-state index is 0.0734. The fourth-order valence-electron chi connectivity index (χ4n) is 2.10. The molecule has 0 saturated heterocycles. The average molecular weight is 234 g/mol. The van der Waals surface area contributed by atoms with E-state index in [2.05, 4.69) is 6.07 Å². The molecular formula is C14H19FN2. The van der Waals surface area contributed by atoms with Crippen molar-refractivity contribution in [3.63, 3.8) is 0 Å². The number of rotatable bonds is 4. The van der Waals surface area contributed by atoms with Gasteiger partial charge < -0.3 is 4.90 Å². The summed E-state index contributed by atoms with van der Waals surface area (Å²) in [6.07, 6.45) is 0. The third kappa shape index (κ3) is 3.28. The Kier molecular flexibility index (Phi) is 4.65. The second kappa shape index (κ2) is 5.79. The Morgan fingerprint density at radius 2 is 1.94 bits per heavy atom. The molecule has 17 heavy (non-hydrogen) atoms. The molecule has 0 amide bonds. The van der Waals surface area contributed by atoms with E-state index in [9.17, 15) is 9.65 Å². The van der Waals surface area contributed by atoms with Crippen molar-refractivity contribution in [3.05, 3.63) is 35.6 Å². The van der Waals surface area contributed by atoms with Gasteiger partial charge in [-0.05, 0) is 37.7 Å². The normalized spacial score (nSPS) is 14.7. The first-order valence-electron chi connectivity index (χ1n) is 5.79. The Morgan fingerprint density at radius 3 is 2.35 bits per heavy atom. The first kappa shape index (κ1) is 13.7. The Balaban J connectivity index is 3.14. The first-order valence-corrected chi connectivity index (χ1v) is 5.79. The molecule has 0 fully saturated rings. The SMILES string of the molecule is CC(C)C(C#N)C(c1cccc(F)c1)N(C)C. The van der Waals surface area contributed by atoms with Crippen LogP contribution in [0.5, 0.6) is 0 Å². The molecule has 0 bridgehead atoms. The molecule has 0 N–H and O–H groups in total. The maximum Gasteiger partial charge on any atom is 0.123 e. The average Bonchev–Trinajstić information content (AvgIpc) is 2.24. The predicted octanol–water partition coefficient (Wildman–Crippen LogP) is 3.22. The van der Waals surface area contributed by atoms with Gasteiger partial charge in [-0.25, -0.2) is 4.39 Å². The molecule has 0 saturated carbocycles. The smallest absolute Gasteiger partial charge is 0.123 e. The summed E-state index contributed by atoms with van der Waals surface area (Å²) in [5.74, 6) is -0.169. The maximum atomic E-state index is 13.3. The third-order valence-electron chi connectivity index (χ3n) is 2.95. The summed E-state index contributed by atoms with van der Waals surface area (Å²) >= 11 is 0. The van der Waals surface area contributed by atoms with Gasteiger partial charge in [0.25, 0.3) is 0 Å². The molecule has 92 valence electrons. The fourth-order valence-corrected chi connectivity index (χ4v) is 2.10. The van der Waals surface area contributed by atoms with E-state index in [0.717, 1.165) is 5.56 Å². The summed E-state index contributed by atoms with van der Waals surface area (Å²) in [5.41, 5.74) is 0.857. The van der Waals surface area contributed by atoms with Crippen LogP contribution in [-0.4, -0.2) is 19.0 Å². The number of halogens is 1. The van der Waals surface area contributed by atoms with Crippen LogP contribution in [0.25, 0.3) is 0 Å². The second-order valence-corrected chi connectivity index (χ2v) is 4.86. The summed E-state index contributed by atoms with van der Waals surface area (Å²) in [6, 6.07) is 8.76. The zero-order valence-corrected chi connectivity index (χ0v) is 10.8. The lowest BCUT2D eigenvalue weighted by molar-refractivity contribution is 0.210. The predicted molar refractivity (Wildman–Crippen MR) is 66.8 cm³/mol. The standard InChI is InChI=1S/C14H19FN2/c1-10(2)13(9-16)14(17(3)4)11-6-5-7-12(15)8-11/h5-8,10,13-14H,1-4H3. The van der Waals surface area contributed by atoms with Crippen molar-refractivity contribution < 1.29 is 4.39 Å². The van der Waals surface area contributed by atoms with Gasteiger partial charge in [-0.2, -0.15) is 5.26 Å². The molecule has 2 atom stereocenters. The van der Waals surface area contributed by atoms with Gasteiger partial charge in [-0.1, -0.05) is 26.0 Å². The molecule has 1 aromatic carbocycles. The van der Waals surface area contributed by atoms with Crippen LogP contribution in [0.1, 0.15) is 25.5 Å². The highest BCUT2D eigenvalue weighted by Gasteiger charge is 2.27. The van der Waals surface area contributed by atoms with Crippen molar-refractivity contribution >= 4 is 0 Å². The van der Waals surface area contributed by atoms with Gasteiger partial charge in [0.15, 0.2) is 0 Å². The molecule has 0 aliphatic heterocycles. The Morgan fingerprint density at radius 1 is 1.29 bits per heavy atom. The molecule has 0 radical (unpaired) electrons. The molecule has 1 rings (SSSR count). The zero-order valence-electron chi connectivity index (χ0n) is 10.8. The van der Waals surface area contributed by atoms with E-state index in [1.165, 1.54) is 12.1 Å². The lowest BCUT2D eigenvalue weighted by Crippen LogP contribution is -2.29. The van der Waals surface area contributed by atoms with Crippen LogP contribution in [-0.2, 0) is 0 Å². The van der Waals surface area contributed by atoms with Crippen LogP contribution in [0, 0.1) is 29.0 Å². The van der Waals surface area contributed by atoms with E-state index < -0.39 is 0 Å². The van der Waals surface area contributed by atoms with Crippen molar-refractivity contribution in [1.82, 2.24) is 4.90 Å². The Hall–Kier alpha value is -1.40. The minimum atomic E-state index is -0.255. The van der Waals surface area contributed by atoms with Gasteiger partial charge in [0.1, 0.15) is 5.82 Å². The monoisotopic (exact) mass is 234 g/mol. The van der Waals surface area contributed by atoms with Gasteiger partial charge in [0, 0.05) is 0 Å². The van der Waals surface area contributed by atoms with Gasteiger partial charge in [0.2, 0.25) is 0 Å². The van der Waals surface area contributed by atoms with Crippen LogP contribution in [0.3, 0.4) is 0 Å². The van der Waals surface area contributed by atoms with Crippen LogP contribution >= 0.6 is 0 Å². The van der Waals surface area contributed by atoms with Crippen molar-refractivity contribution in [2.45, 2.75) is 19.9 Å². The van der Waals surface area contributed by atoms with E-state index in [-0.39, 0.29) is 23.7 Å². The summed E-state index contributed by atoms with van der Waals surface area (Å²) in [5, 5.41) is 9.28. The zero-order chi connectivity index (χ0) is 13.0. The number of nitrogens with zero attached hydrogens (tertiary/aromatic N) is 2. The molecule has 0 heterocycles. The second-order valence-electron chi connectivity index (χ2n) is 4.86. The molecule has 0 spiro atoms. The molecule has 2 nitrogen and oxygen atoms in total. The molecule has 0 aliphatic rings. The number of hydrogen-bond donors (Lipinski definition) is 0. The fraction of sp³-hybridized carbons (Fsp3) is 0.500. The minimum Gasteiger partial charge on any atom is -0.301 e.